The largest absolute Gasteiger partial charge is 0.465 e. The molecule has 0 heterocycles. The maximum atomic E-state index is 11.8. The monoisotopic (exact) mass is 249 g/mol. The zero-order valence-corrected chi connectivity index (χ0v) is 10.9. The van der Waals surface area contributed by atoms with E-state index in [0.29, 0.717) is 19.4 Å². The van der Waals surface area contributed by atoms with Gasteiger partial charge in [0.25, 0.3) is 0 Å². The van der Waals surface area contributed by atoms with Crippen LogP contribution in [0.4, 0.5) is 0 Å². The van der Waals surface area contributed by atoms with Crippen molar-refractivity contribution in [1.82, 2.24) is 4.90 Å². The first-order chi connectivity index (χ1) is 8.63. The summed E-state index contributed by atoms with van der Waals surface area (Å²) in [6.07, 6.45) is 1.09. The lowest BCUT2D eigenvalue weighted by atomic mass is 10.1. The van der Waals surface area contributed by atoms with Crippen LogP contribution in [0.5, 0.6) is 0 Å². The van der Waals surface area contributed by atoms with Gasteiger partial charge in [-0.15, -0.1) is 0 Å². The number of likely N-dealkylation sites (N-methyl/N-ethyl adjacent to an activating group) is 1. The number of ether oxygens (including phenoxy) is 1. The van der Waals surface area contributed by atoms with Gasteiger partial charge in [-0.1, -0.05) is 30.3 Å². The van der Waals surface area contributed by atoms with Gasteiger partial charge in [0.15, 0.2) is 0 Å². The van der Waals surface area contributed by atoms with Gasteiger partial charge in [-0.2, -0.15) is 0 Å². The number of hydrogen-bond acceptors (Lipinski definition) is 3. The number of carbonyl (C=O) groups excluding carboxylic acids is 2. The molecule has 1 aromatic rings. The highest BCUT2D eigenvalue weighted by molar-refractivity contribution is 5.81. The SMILES string of the molecule is CCOC(=O)CN(C)C(=O)CCc1ccccc1. The molecule has 1 rings (SSSR count). The van der Waals surface area contributed by atoms with E-state index in [9.17, 15) is 9.59 Å². The van der Waals surface area contributed by atoms with E-state index < -0.39 is 0 Å². The van der Waals surface area contributed by atoms with Gasteiger partial charge in [0.05, 0.1) is 6.61 Å². The number of nitrogens with zero attached hydrogens (tertiary/aromatic N) is 1. The molecule has 0 spiro atoms. The average molecular weight is 249 g/mol. The Labute approximate surface area is 108 Å². The molecule has 0 saturated carbocycles. The predicted octanol–water partition coefficient (Wildman–Crippen LogP) is 1.64. The van der Waals surface area contributed by atoms with Gasteiger partial charge < -0.3 is 9.64 Å². The number of amides is 1. The van der Waals surface area contributed by atoms with Crippen LogP contribution in [0.3, 0.4) is 0 Å². The molecule has 0 radical (unpaired) electrons. The summed E-state index contributed by atoms with van der Waals surface area (Å²) in [5.74, 6) is -0.417. The minimum absolute atomic E-state index is 0.0153. The Balaban J connectivity index is 2.34. The third-order valence-corrected chi connectivity index (χ3v) is 2.57. The molecule has 1 aromatic carbocycles. The van der Waals surface area contributed by atoms with E-state index in [2.05, 4.69) is 0 Å². The lowest BCUT2D eigenvalue weighted by Crippen LogP contribution is -2.33. The maximum absolute atomic E-state index is 11.8. The normalized spacial score (nSPS) is 9.89. The summed E-state index contributed by atoms with van der Waals surface area (Å²) in [5, 5.41) is 0. The van der Waals surface area contributed by atoms with Crippen LogP contribution in [-0.2, 0) is 20.7 Å². The highest BCUT2D eigenvalue weighted by Crippen LogP contribution is 2.04. The van der Waals surface area contributed by atoms with E-state index in [1.807, 2.05) is 30.3 Å². The van der Waals surface area contributed by atoms with E-state index in [1.165, 1.54) is 4.90 Å². The van der Waals surface area contributed by atoms with Crippen molar-refractivity contribution < 1.29 is 14.3 Å². The quantitative estimate of drug-likeness (QED) is 0.720. The number of carbonyl (C=O) groups is 2. The summed E-state index contributed by atoms with van der Waals surface area (Å²) in [7, 11) is 1.62. The second-order valence-corrected chi connectivity index (χ2v) is 4.04. The molecule has 0 unspecified atom stereocenters. The molecular formula is C14H19NO3. The molecule has 0 aliphatic heterocycles. The van der Waals surface area contributed by atoms with Crippen LogP contribution in [0, 0.1) is 0 Å². The minimum atomic E-state index is -0.368. The molecule has 4 heteroatoms. The summed E-state index contributed by atoms with van der Waals surface area (Å²) < 4.78 is 4.79. The first-order valence-corrected chi connectivity index (χ1v) is 6.07. The van der Waals surface area contributed by atoms with Crippen molar-refractivity contribution in [3.8, 4) is 0 Å². The van der Waals surface area contributed by atoms with E-state index in [1.54, 1.807) is 14.0 Å². The highest BCUT2D eigenvalue weighted by atomic mass is 16.5. The predicted molar refractivity (Wildman–Crippen MR) is 69.0 cm³/mol. The van der Waals surface area contributed by atoms with Gasteiger partial charge in [-0.25, -0.2) is 0 Å². The smallest absolute Gasteiger partial charge is 0.325 e. The average Bonchev–Trinajstić information content (AvgIpc) is 2.37. The number of benzene rings is 1. The molecule has 98 valence electrons. The number of esters is 1. The van der Waals surface area contributed by atoms with Crippen LogP contribution in [0.15, 0.2) is 30.3 Å². The van der Waals surface area contributed by atoms with Crippen molar-refractivity contribution in [3.63, 3.8) is 0 Å². The second kappa shape index (κ2) is 7.48. The fourth-order valence-corrected chi connectivity index (χ4v) is 1.58. The molecular weight excluding hydrogens is 230 g/mol. The van der Waals surface area contributed by atoms with Crippen LogP contribution in [-0.4, -0.2) is 37.0 Å². The van der Waals surface area contributed by atoms with Crippen molar-refractivity contribution in [3.05, 3.63) is 35.9 Å². The van der Waals surface area contributed by atoms with Crippen LogP contribution >= 0.6 is 0 Å². The standard InChI is InChI=1S/C14H19NO3/c1-3-18-14(17)11-15(2)13(16)10-9-12-7-5-4-6-8-12/h4-8H,3,9-11H2,1-2H3. The van der Waals surface area contributed by atoms with E-state index in [0.717, 1.165) is 5.56 Å². The van der Waals surface area contributed by atoms with Gasteiger partial charge in [-0.05, 0) is 18.9 Å². The fourth-order valence-electron chi connectivity index (χ4n) is 1.58. The highest BCUT2D eigenvalue weighted by Gasteiger charge is 2.13. The Morgan fingerprint density at radius 2 is 1.89 bits per heavy atom. The third-order valence-electron chi connectivity index (χ3n) is 2.57. The van der Waals surface area contributed by atoms with Gasteiger partial charge in [0.1, 0.15) is 6.54 Å². The molecule has 0 aromatic heterocycles. The summed E-state index contributed by atoms with van der Waals surface area (Å²) in [4.78, 5) is 24.4. The van der Waals surface area contributed by atoms with Crippen molar-refractivity contribution in [2.75, 3.05) is 20.2 Å². The molecule has 0 aliphatic rings. The maximum Gasteiger partial charge on any atom is 0.325 e. The van der Waals surface area contributed by atoms with Crippen molar-refractivity contribution in [2.24, 2.45) is 0 Å². The Morgan fingerprint density at radius 1 is 1.22 bits per heavy atom. The Hall–Kier alpha value is -1.84. The van der Waals surface area contributed by atoms with Crippen LogP contribution in [0.2, 0.25) is 0 Å². The topological polar surface area (TPSA) is 46.6 Å². The van der Waals surface area contributed by atoms with Crippen LogP contribution in [0.25, 0.3) is 0 Å². The van der Waals surface area contributed by atoms with Gasteiger partial charge in [-0.3, -0.25) is 9.59 Å². The number of hydrogen-bond donors (Lipinski definition) is 0. The van der Waals surface area contributed by atoms with Crippen molar-refractivity contribution >= 4 is 11.9 Å². The summed E-state index contributed by atoms with van der Waals surface area (Å²) in [6, 6.07) is 9.81. The Bertz CT molecular complexity index is 389. The number of aryl methyl sites for hydroxylation is 1. The zero-order valence-electron chi connectivity index (χ0n) is 10.9. The molecule has 0 aliphatic carbocycles. The Kier molecular flexibility index (Phi) is 5.91. The first kappa shape index (κ1) is 14.2. The van der Waals surface area contributed by atoms with Crippen LogP contribution in [0.1, 0.15) is 18.9 Å². The second-order valence-electron chi connectivity index (χ2n) is 4.04. The van der Waals surface area contributed by atoms with Crippen molar-refractivity contribution in [1.29, 1.82) is 0 Å². The lowest BCUT2D eigenvalue weighted by Gasteiger charge is -2.15. The zero-order chi connectivity index (χ0) is 13.4. The van der Waals surface area contributed by atoms with E-state index in [4.69, 9.17) is 4.74 Å². The molecule has 0 bridgehead atoms. The van der Waals surface area contributed by atoms with Crippen LogP contribution < -0.4 is 0 Å². The molecule has 18 heavy (non-hydrogen) atoms. The van der Waals surface area contributed by atoms with E-state index >= 15 is 0 Å². The lowest BCUT2D eigenvalue weighted by molar-refractivity contribution is -0.148. The number of rotatable bonds is 6. The minimum Gasteiger partial charge on any atom is -0.465 e. The van der Waals surface area contributed by atoms with Gasteiger partial charge in [0, 0.05) is 13.5 Å². The Morgan fingerprint density at radius 3 is 2.50 bits per heavy atom. The first-order valence-electron chi connectivity index (χ1n) is 6.07. The summed E-state index contributed by atoms with van der Waals surface area (Å²) in [6.45, 7) is 2.10. The summed E-state index contributed by atoms with van der Waals surface area (Å²) in [5.41, 5.74) is 1.12. The van der Waals surface area contributed by atoms with Crippen molar-refractivity contribution in [2.45, 2.75) is 19.8 Å². The molecule has 4 nitrogen and oxygen atoms in total. The van der Waals surface area contributed by atoms with E-state index in [-0.39, 0.29) is 18.4 Å². The molecule has 0 fully saturated rings. The van der Waals surface area contributed by atoms with Gasteiger partial charge >= 0.3 is 5.97 Å². The molecule has 1 amide bonds. The van der Waals surface area contributed by atoms with Gasteiger partial charge in [0.2, 0.25) is 5.91 Å². The molecule has 0 N–H and O–H groups in total. The fraction of sp³-hybridized carbons (Fsp3) is 0.429. The summed E-state index contributed by atoms with van der Waals surface area (Å²) >= 11 is 0. The third kappa shape index (κ3) is 4.99. The molecule has 0 atom stereocenters. The molecule has 0 saturated heterocycles.